The van der Waals surface area contributed by atoms with E-state index >= 15 is 0 Å². The van der Waals surface area contributed by atoms with Crippen molar-refractivity contribution in [2.24, 2.45) is 0 Å². The highest BCUT2D eigenvalue weighted by molar-refractivity contribution is 6.42. The summed E-state index contributed by atoms with van der Waals surface area (Å²) in [6.07, 6.45) is 1.52. The second-order valence-corrected chi connectivity index (χ2v) is 8.31. The number of carbonyl (C=O) groups excluding carboxylic acids is 1. The second-order valence-electron chi connectivity index (χ2n) is 7.50. The number of anilines is 1. The summed E-state index contributed by atoms with van der Waals surface area (Å²) in [6.45, 7) is 0.619. The second kappa shape index (κ2) is 9.59. The molecule has 34 heavy (non-hydrogen) atoms. The molecule has 5 aromatic rings. The van der Waals surface area contributed by atoms with Gasteiger partial charge in [0, 0.05) is 5.39 Å². The van der Waals surface area contributed by atoms with Crippen molar-refractivity contribution in [1.29, 1.82) is 0 Å². The summed E-state index contributed by atoms with van der Waals surface area (Å²) in [7, 11) is 0. The van der Waals surface area contributed by atoms with Crippen LogP contribution in [-0.4, -0.2) is 20.7 Å². The highest BCUT2D eigenvalue weighted by atomic mass is 35.5. The van der Waals surface area contributed by atoms with Crippen LogP contribution in [0.1, 0.15) is 21.9 Å². The lowest BCUT2D eigenvalue weighted by atomic mass is 10.1. The first-order valence-corrected chi connectivity index (χ1v) is 11.1. The maximum atomic E-state index is 12.6. The molecular weight excluding hydrogens is 475 g/mol. The molecule has 0 aliphatic rings. The van der Waals surface area contributed by atoms with E-state index in [0.717, 1.165) is 22.1 Å². The van der Waals surface area contributed by atoms with Crippen molar-refractivity contribution in [3.63, 3.8) is 0 Å². The predicted octanol–water partition coefficient (Wildman–Crippen LogP) is 6.21. The fraction of sp³-hybridized carbons (Fsp3) is 0.0800. The van der Waals surface area contributed by atoms with Gasteiger partial charge in [-0.25, -0.2) is 9.67 Å². The number of hydrogen-bond acceptors (Lipinski definition) is 5. The summed E-state index contributed by atoms with van der Waals surface area (Å²) in [4.78, 5) is 16.7. The van der Waals surface area contributed by atoms with Gasteiger partial charge in [0.25, 0.3) is 5.91 Å². The highest BCUT2D eigenvalue weighted by Gasteiger charge is 2.14. The molecule has 0 radical (unpaired) electrons. The topological polar surface area (TPSA) is 82.2 Å². The maximum Gasteiger partial charge on any atom is 0.293 e. The number of nitrogens with zero attached hydrogens (tertiary/aromatic N) is 3. The Morgan fingerprint density at radius 3 is 2.74 bits per heavy atom. The molecule has 0 unspecified atom stereocenters. The van der Waals surface area contributed by atoms with Gasteiger partial charge in [0.2, 0.25) is 5.95 Å². The summed E-state index contributed by atoms with van der Waals surface area (Å²) < 4.78 is 13.2. The van der Waals surface area contributed by atoms with E-state index in [9.17, 15) is 4.79 Å². The van der Waals surface area contributed by atoms with Crippen LogP contribution in [0, 0.1) is 0 Å². The molecule has 1 N–H and O–H groups in total. The van der Waals surface area contributed by atoms with E-state index in [2.05, 4.69) is 15.4 Å². The van der Waals surface area contributed by atoms with Gasteiger partial charge in [-0.2, -0.15) is 0 Å². The number of hydrogen-bond donors (Lipinski definition) is 1. The van der Waals surface area contributed by atoms with Gasteiger partial charge in [0.05, 0.1) is 16.6 Å². The third-order valence-corrected chi connectivity index (χ3v) is 5.83. The lowest BCUT2D eigenvalue weighted by Crippen LogP contribution is -2.12. The van der Waals surface area contributed by atoms with Gasteiger partial charge in [-0.15, -0.1) is 5.10 Å². The lowest BCUT2D eigenvalue weighted by molar-refractivity contribution is 0.0991. The zero-order valence-corrected chi connectivity index (χ0v) is 19.3. The largest absolute Gasteiger partial charge is 0.485 e. The van der Waals surface area contributed by atoms with E-state index in [1.54, 1.807) is 28.9 Å². The monoisotopic (exact) mass is 492 g/mol. The van der Waals surface area contributed by atoms with Crippen LogP contribution in [0.2, 0.25) is 10.0 Å². The van der Waals surface area contributed by atoms with Gasteiger partial charge in [0.15, 0.2) is 5.76 Å². The molecule has 1 amide bonds. The summed E-state index contributed by atoms with van der Waals surface area (Å²) >= 11 is 12.0. The van der Waals surface area contributed by atoms with Crippen molar-refractivity contribution in [3.8, 4) is 5.75 Å². The third kappa shape index (κ3) is 4.90. The minimum absolute atomic E-state index is 0.136. The first-order chi connectivity index (χ1) is 16.5. The van der Waals surface area contributed by atoms with E-state index in [4.69, 9.17) is 32.4 Å². The van der Waals surface area contributed by atoms with E-state index in [1.165, 1.54) is 6.33 Å². The van der Waals surface area contributed by atoms with Gasteiger partial charge in [-0.05, 0) is 41.3 Å². The first-order valence-electron chi connectivity index (χ1n) is 10.4. The number of furan rings is 1. The number of rotatable bonds is 7. The fourth-order valence-corrected chi connectivity index (χ4v) is 3.78. The van der Waals surface area contributed by atoms with Crippen LogP contribution >= 0.6 is 23.2 Å². The van der Waals surface area contributed by atoms with Crippen LogP contribution in [0.25, 0.3) is 10.8 Å². The SMILES string of the molecule is O=C(Nc1ncn(Cc2ccc(Cl)c(Cl)c2)n1)c1ccc(COc2cccc3ccccc23)o1. The number of halogens is 2. The Morgan fingerprint density at radius 2 is 1.85 bits per heavy atom. The quantitative estimate of drug-likeness (QED) is 0.292. The molecule has 0 saturated heterocycles. The highest BCUT2D eigenvalue weighted by Crippen LogP contribution is 2.26. The Morgan fingerprint density at radius 1 is 1.00 bits per heavy atom. The molecule has 7 nitrogen and oxygen atoms in total. The predicted molar refractivity (Wildman–Crippen MR) is 131 cm³/mol. The number of nitrogens with one attached hydrogen (secondary N) is 1. The molecule has 2 aromatic heterocycles. The van der Waals surface area contributed by atoms with Gasteiger partial charge in [-0.3, -0.25) is 10.1 Å². The average Bonchev–Trinajstić information content (AvgIpc) is 3.50. The number of carbonyl (C=O) groups is 1. The van der Waals surface area contributed by atoms with Crippen LogP contribution in [0.3, 0.4) is 0 Å². The van der Waals surface area contributed by atoms with Crippen LogP contribution in [0.15, 0.2) is 83.5 Å². The minimum Gasteiger partial charge on any atom is -0.485 e. The van der Waals surface area contributed by atoms with Crippen molar-refractivity contribution >= 4 is 45.8 Å². The smallest absolute Gasteiger partial charge is 0.293 e. The zero-order valence-electron chi connectivity index (χ0n) is 17.7. The van der Waals surface area contributed by atoms with E-state index in [0.29, 0.717) is 22.4 Å². The van der Waals surface area contributed by atoms with E-state index in [-0.39, 0.29) is 18.3 Å². The third-order valence-electron chi connectivity index (χ3n) is 5.10. The van der Waals surface area contributed by atoms with Gasteiger partial charge in [0.1, 0.15) is 24.4 Å². The van der Waals surface area contributed by atoms with Crippen LogP contribution in [0.4, 0.5) is 5.95 Å². The zero-order chi connectivity index (χ0) is 23.5. The Hall–Kier alpha value is -3.81. The van der Waals surface area contributed by atoms with Crippen molar-refractivity contribution in [3.05, 3.63) is 106 Å². The summed E-state index contributed by atoms with van der Waals surface area (Å²) in [5.41, 5.74) is 0.902. The van der Waals surface area contributed by atoms with E-state index < -0.39 is 5.91 Å². The van der Waals surface area contributed by atoms with Crippen molar-refractivity contribution < 1.29 is 13.9 Å². The Kier molecular flexibility index (Phi) is 6.20. The van der Waals surface area contributed by atoms with Crippen molar-refractivity contribution in [2.75, 3.05) is 5.32 Å². The summed E-state index contributed by atoms with van der Waals surface area (Å²) in [5.74, 6) is 1.12. The summed E-state index contributed by atoms with van der Waals surface area (Å²) in [6, 6.07) is 22.4. The first kappa shape index (κ1) is 22.0. The average molecular weight is 493 g/mol. The van der Waals surface area contributed by atoms with E-state index in [1.807, 2.05) is 48.5 Å². The van der Waals surface area contributed by atoms with Gasteiger partial charge >= 0.3 is 0 Å². The standard InChI is InChI=1S/C25H18Cl2N4O3/c26-20-10-8-16(12-21(20)27)13-31-15-28-25(30-31)29-24(32)23-11-9-18(34-23)14-33-22-7-3-5-17-4-1-2-6-19(17)22/h1-12,15H,13-14H2,(H,29,30,32). The minimum atomic E-state index is -0.455. The molecule has 0 aliphatic heterocycles. The molecule has 0 fully saturated rings. The molecule has 0 atom stereocenters. The Balaban J connectivity index is 1.20. The molecule has 3 aromatic carbocycles. The number of fused-ring (bicyclic) bond motifs is 1. The van der Waals surface area contributed by atoms with Crippen molar-refractivity contribution in [2.45, 2.75) is 13.2 Å². The van der Waals surface area contributed by atoms with Gasteiger partial charge < -0.3 is 9.15 Å². The Bertz CT molecular complexity index is 1470. The summed E-state index contributed by atoms with van der Waals surface area (Å²) in [5, 5.41) is 9.95. The molecule has 170 valence electrons. The normalized spacial score (nSPS) is 11.0. The Labute approximate surface area is 204 Å². The number of amides is 1. The number of ether oxygens (including phenoxy) is 1. The molecule has 9 heteroatoms. The molecule has 2 heterocycles. The van der Waals surface area contributed by atoms with Gasteiger partial charge in [-0.1, -0.05) is 65.7 Å². The molecule has 0 saturated carbocycles. The molecule has 0 aliphatic carbocycles. The van der Waals surface area contributed by atoms with Crippen LogP contribution < -0.4 is 10.1 Å². The molecule has 0 bridgehead atoms. The van der Waals surface area contributed by atoms with Crippen LogP contribution in [0.5, 0.6) is 5.75 Å². The lowest BCUT2D eigenvalue weighted by Gasteiger charge is -2.07. The maximum absolute atomic E-state index is 12.6. The fourth-order valence-electron chi connectivity index (χ4n) is 3.46. The van der Waals surface area contributed by atoms with Crippen molar-refractivity contribution in [1.82, 2.24) is 14.8 Å². The molecule has 0 spiro atoms. The van der Waals surface area contributed by atoms with Crippen LogP contribution in [-0.2, 0) is 13.2 Å². The molecule has 5 rings (SSSR count). The molecular formula is C25H18Cl2N4O3. The number of aromatic nitrogens is 3. The number of benzene rings is 3.